The number of rotatable bonds is 5. The van der Waals surface area contributed by atoms with E-state index >= 15 is 0 Å². The topological polar surface area (TPSA) is 41.1 Å². The molecule has 3 aromatic carbocycles. The summed E-state index contributed by atoms with van der Waals surface area (Å²) in [6, 6.07) is 21.3. The number of amides is 1. The Kier molecular flexibility index (Phi) is 5.14. The minimum absolute atomic E-state index is 0.0719. The van der Waals surface area contributed by atoms with Crippen LogP contribution in [0.5, 0.6) is 0 Å². The number of hydrogen-bond acceptors (Lipinski definition) is 2. The van der Waals surface area contributed by atoms with E-state index in [1.165, 1.54) is 0 Å². The highest BCUT2D eigenvalue weighted by Crippen LogP contribution is 2.19. The molecule has 24 heavy (non-hydrogen) atoms. The highest BCUT2D eigenvalue weighted by Gasteiger charge is 2.13. The van der Waals surface area contributed by atoms with Crippen LogP contribution in [0, 0.1) is 0 Å². The van der Waals surface area contributed by atoms with Gasteiger partial charge < -0.3 is 10.6 Å². The number of hydrogen-bond donors (Lipinski definition) is 2. The van der Waals surface area contributed by atoms with Gasteiger partial charge in [0.05, 0.1) is 6.04 Å². The average molecular weight is 339 g/mol. The highest BCUT2D eigenvalue weighted by molar-refractivity contribution is 6.31. The first-order chi connectivity index (χ1) is 11.6. The van der Waals surface area contributed by atoms with Crippen LogP contribution in [0.25, 0.3) is 10.8 Å². The first-order valence-corrected chi connectivity index (χ1v) is 8.28. The minimum atomic E-state index is -0.326. The summed E-state index contributed by atoms with van der Waals surface area (Å²) in [5.74, 6) is -0.0719. The van der Waals surface area contributed by atoms with Gasteiger partial charge in [-0.3, -0.25) is 4.79 Å². The van der Waals surface area contributed by atoms with Gasteiger partial charge in [-0.1, -0.05) is 60.1 Å². The lowest BCUT2D eigenvalue weighted by molar-refractivity contribution is -0.117. The predicted octanol–water partition coefficient (Wildman–Crippen LogP) is 4.61. The zero-order valence-corrected chi connectivity index (χ0v) is 14.2. The molecule has 4 heteroatoms. The minimum Gasteiger partial charge on any atom is -0.325 e. The van der Waals surface area contributed by atoms with Crippen LogP contribution in [-0.2, 0) is 11.3 Å². The van der Waals surface area contributed by atoms with Crippen molar-refractivity contribution in [3.8, 4) is 0 Å². The number of fused-ring (bicyclic) bond motifs is 1. The Morgan fingerprint density at radius 2 is 1.71 bits per heavy atom. The van der Waals surface area contributed by atoms with Crippen LogP contribution in [0.3, 0.4) is 0 Å². The molecule has 0 saturated carbocycles. The molecule has 3 aromatic rings. The van der Waals surface area contributed by atoms with E-state index in [9.17, 15) is 4.79 Å². The predicted molar refractivity (Wildman–Crippen MR) is 100 cm³/mol. The number of nitrogens with one attached hydrogen (secondary N) is 2. The second kappa shape index (κ2) is 7.47. The molecule has 0 fully saturated rings. The molecule has 122 valence electrons. The number of carbonyl (C=O) groups is 1. The van der Waals surface area contributed by atoms with Crippen molar-refractivity contribution >= 4 is 34.0 Å². The summed E-state index contributed by atoms with van der Waals surface area (Å²) in [6.07, 6.45) is 0. The first kappa shape index (κ1) is 16.5. The molecule has 0 aliphatic carbocycles. The maximum absolute atomic E-state index is 12.3. The molecule has 3 rings (SSSR count). The van der Waals surface area contributed by atoms with Crippen molar-refractivity contribution in [2.75, 3.05) is 5.32 Å². The lowest BCUT2D eigenvalue weighted by atomic mass is 10.1. The second-order valence-electron chi connectivity index (χ2n) is 5.75. The molecule has 2 N–H and O–H groups in total. The van der Waals surface area contributed by atoms with Crippen molar-refractivity contribution < 1.29 is 4.79 Å². The quantitative estimate of drug-likeness (QED) is 0.713. The maximum Gasteiger partial charge on any atom is 0.241 e. The molecule has 0 aliphatic rings. The van der Waals surface area contributed by atoms with Gasteiger partial charge in [-0.05, 0) is 41.5 Å². The van der Waals surface area contributed by atoms with E-state index in [4.69, 9.17) is 11.6 Å². The molecular weight excluding hydrogens is 320 g/mol. The molecular formula is C20H19ClN2O. The third-order valence-corrected chi connectivity index (χ3v) is 4.34. The van der Waals surface area contributed by atoms with E-state index < -0.39 is 0 Å². The van der Waals surface area contributed by atoms with Crippen LogP contribution < -0.4 is 10.6 Å². The number of carbonyl (C=O) groups excluding carboxylic acids is 1. The Bertz CT molecular complexity index is 863. The lowest BCUT2D eigenvalue weighted by Crippen LogP contribution is -2.37. The van der Waals surface area contributed by atoms with Crippen molar-refractivity contribution in [2.45, 2.75) is 19.5 Å². The Hall–Kier alpha value is -2.36. The van der Waals surface area contributed by atoms with Crippen LogP contribution in [0.2, 0.25) is 5.02 Å². The molecule has 3 nitrogen and oxygen atoms in total. The lowest BCUT2D eigenvalue weighted by Gasteiger charge is -2.15. The van der Waals surface area contributed by atoms with Crippen molar-refractivity contribution in [2.24, 2.45) is 0 Å². The fourth-order valence-electron chi connectivity index (χ4n) is 2.52. The summed E-state index contributed by atoms with van der Waals surface area (Å²) in [7, 11) is 0. The highest BCUT2D eigenvalue weighted by atomic mass is 35.5. The summed E-state index contributed by atoms with van der Waals surface area (Å²) in [6.45, 7) is 2.39. The number of halogens is 1. The van der Waals surface area contributed by atoms with Gasteiger partial charge >= 0.3 is 0 Å². The SMILES string of the molecule is C[C@@H](NCc1ccccc1Cl)C(=O)Nc1ccc2ccccc2c1. The molecule has 0 spiro atoms. The Morgan fingerprint density at radius 1 is 1.00 bits per heavy atom. The smallest absolute Gasteiger partial charge is 0.241 e. The van der Waals surface area contributed by atoms with Crippen molar-refractivity contribution in [3.63, 3.8) is 0 Å². The standard InChI is InChI=1S/C20H19ClN2O/c1-14(22-13-17-8-4-5-9-19(17)21)20(24)23-18-11-10-15-6-2-3-7-16(15)12-18/h2-12,14,22H,13H2,1H3,(H,23,24)/t14-/m1/s1. The van der Waals surface area contributed by atoms with E-state index in [1.807, 2.05) is 67.6 Å². The Morgan fingerprint density at radius 3 is 2.50 bits per heavy atom. The van der Waals surface area contributed by atoms with Crippen molar-refractivity contribution in [1.29, 1.82) is 0 Å². The van der Waals surface area contributed by atoms with Crippen LogP contribution in [0.15, 0.2) is 66.7 Å². The summed E-state index contributed by atoms with van der Waals surface area (Å²) in [4.78, 5) is 12.3. The molecule has 0 radical (unpaired) electrons. The van der Waals surface area contributed by atoms with Crippen LogP contribution in [0.1, 0.15) is 12.5 Å². The van der Waals surface area contributed by atoms with Crippen LogP contribution >= 0.6 is 11.6 Å². The van der Waals surface area contributed by atoms with Gasteiger partial charge in [0.25, 0.3) is 0 Å². The van der Waals surface area contributed by atoms with Crippen molar-refractivity contribution in [3.05, 3.63) is 77.3 Å². The monoisotopic (exact) mass is 338 g/mol. The second-order valence-corrected chi connectivity index (χ2v) is 6.15. The van der Waals surface area contributed by atoms with Crippen LogP contribution in [0.4, 0.5) is 5.69 Å². The van der Waals surface area contributed by atoms with Gasteiger partial charge in [-0.2, -0.15) is 0 Å². The van der Waals surface area contributed by atoms with Crippen molar-refractivity contribution in [1.82, 2.24) is 5.32 Å². The van der Waals surface area contributed by atoms with E-state index in [0.717, 1.165) is 22.0 Å². The molecule has 0 heterocycles. The van der Waals surface area contributed by atoms with Gasteiger partial charge in [0, 0.05) is 17.3 Å². The summed E-state index contributed by atoms with van der Waals surface area (Å²) >= 11 is 6.13. The Labute approximate surface area is 146 Å². The molecule has 0 aliphatic heterocycles. The third kappa shape index (κ3) is 3.94. The molecule has 1 amide bonds. The zero-order chi connectivity index (χ0) is 16.9. The molecule has 0 unspecified atom stereocenters. The fourth-order valence-corrected chi connectivity index (χ4v) is 2.72. The van der Waals surface area contributed by atoms with Gasteiger partial charge in [0.1, 0.15) is 0 Å². The van der Waals surface area contributed by atoms with Gasteiger partial charge in [0.15, 0.2) is 0 Å². The molecule has 0 saturated heterocycles. The first-order valence-electron chi connectivity index (χ1n) is 7.90. The summed E-state index contributed by atoms with van der Waals surface area (Å²) in [5, 5.41) is 9.11. The van der Waals surface area contributed by atoms with Crippen LogP contribution in [-0.4, -0.2) is 11.9 Å². The third-order valence-electron chi connectivity index (χ3n) is 3.97. The van der Waals surface area contributed by atoms with E-state index in [-0.39, 0.29) is 11.9 Å². The van der Waals surface area contributed by atoms with Gasteiger partial charge in [-0.15, -0.1) is 0 Å². The van der Waals surface area contributed by atoms with E-state index in [1.54, 1.807) is 0 Å². The summed E-state index contributed by atoms with van der Waals surface area (Å²) < 4.78 is 0. The molecule has 0 bridgehead atoms. The average Bonchev–Trinajstić information content (AvgIpc) is 2.60. The van der Waals surface area contributed by atoms with Gasteiger partial charge in [0.2, 0.25) is 5.91 Å². The fraction of sp³-hybridized carbons (Fsp3) is 0.150. The normalized spacial score (nSPS) is 12.1. The zero-order valence-electron chi connectivity index (χ0n) is 13.4. The maximum atomic E-state index is 12.3. The van der Waals surface area contributed by atoms with Gasteiger partial charge in [-0.25, -0.2) is 0 Å². The molecule has 1 atom stereocenters. The van der Waals surface area contributed by atoms with E-state index in [0.29, 0.717) is 11.6 Å². The molecule has 0 aromatic heterocycles. The number of anilines is 1. The van der Waals surface area contributed by atoms with E-state index in [2.05, 4.69) is 16.7 Å². The Balaban J connectivity index is 1.61. The summed E-state index contributed by atoms with van der Waals surface area (Å²) in [5.41, 5.74) is 1.77. The number of benzene rings is 3. The largest absolute Gasteiger partial charge is 0.325 e.